The summed E-state index contributed by atoms with van der Waals surface area (Å²) in [5.41, 5.74) is 2.14. The van der Waals surface area contributed by atoms with Crippen molar-refractivity contribution in [2.45, 2.75) is 6.54 Å². The van der Waals surface area contributed by atoms with E-state index in [4.69, 9.17) is 9.84 Å². The molecule has 0 aromatic heterocycles. The number of nitrogens with one attached hydrogen (secondary N) is 1. The van der Waals surface area contributed by atoms with Crippen molar-refractivity contribution in [1.82, 2.24) is 0 Å². The molecule has 0 saturated heterocycles. The molecular formula is C15H13Br2NO3. The van der Waals surface area contributed by atoms with Crippen LogP contribution in [0.15, 0.2) is 45.3 Å². The highest BCUT2D eigenvalue weighted by Crippen LogP contribution is 2.26. The molecule has 2 aromatic carbocycles. The fourth-order valence-electron chi connectivity index (χ4n) is 1.80. The van der Waals surface area contributed by atoms with Gasteiger partial charge in [-0.2, -0.15) is 0 Å². The predicted molar refractivity (Wildman–Crippen MR) is 89.1 cm³/mol. The first kappa shape index (κ1) is 15.9. The van der Waals surface area contributed by atoms with E-state index in [1.165, 1.54) is 0 Å². The summed E-state index contributed by atoms with van der Waals surface area (Å²) in [6, 6.07) is 10.7. The van der Waals surface area contributed by atoms with Crippen LogP contribution in [0.5, 0.6) is 5.75 Å². The molecule has 0 aliphatic carbocycles. The lowest BCUT2D eigenvalue weighted by Gasteiger charge is -2.11. The predicted octanol–water partition coefficient (Wildman–Crippen LogP) is 4.53. The molecule has 0 fully saturated rings. The third-order valence-electron chi connectivity index (χ3n) is 2.89. The van der Waals surface area contributed by atoms with Gasteiger partial charge < -0.3 is 15.2 Å². The lowest BCUT2D eigenvalue weighted by atomic mass is 10.1. The molecule has 0 heterocycles. The van der Waals surface area contributed by atoms with Crippen molar-refractivity contribution in [2.24, 2.45) is 0 Å². The van der Waals surface area contributed by atoms with E-state index in [1.54, 1.807) is 25.3 Å². The van der Waals surface area contributed by atoms with E-state index in [0.29, 0.717) is 6.54 Å². The van der Waals surface area contributed by atoms with Crippen LogP contribution in [0, 0.1) is 0 Å². The van der Waals surface area contributed by atoms with Crippen molar-refractivity contribution in [3.05, 3.63) is 56.5 Å². The zero-order chi connectivity index (χ0) is 15.4. The number of anilines is 1. The third-order valence-corrected chi connectivity index (χ3v) is 4.09. The number of carboxylic acid groups (broad SMARTS) is 1. The van der Waals surface area contributed by atoms with Crippen LogP contribution in [-0.2, 0) is 6.54 Å². The van der Waals surface area contributed by atoms with E-state index < -0.39 is 5.97 Å². The smallest absolute Gasteiger partial charge is 0.335 e. The number of ether oxygens (including phenoxy) is 1. The minimum absolute atomic E-state index is 0.259. The van der Waals surface area contributed by atoms with Crippen LogP contribution in [-0.4, -0.2) is 18.2 Å². The number of halogens is 2. The molecule has 0 amide bonds. The van der Waals surface area contributed by atoms with Crippen LogP contribution in [0.3, 0.4) is 0 Å². The standard InChI is InChI=1S/C15H13Br2NO3/c1-21-13-6-11(16)5-12(7-13)18-8-10-3-2-9(15(19)20)4-14(10)17/h2-7,18H,8H2,1H3,(H,19,20). The Morgan fingerprint density at radius 1 is 1.24 bits per heavy atom. The molecule has 0 aliphatic heterocycles. The zero-order valence-electron chi connectivity index (χ0n) is 11.2. The second kappa shape index (κ2) is 6.95. The van der Waals surface area contributed by atoms with Gasteiger partial charge in [-0.05, 0) is 29.8 Å². The number of carboxylic acids is 1. The maximum absolute atomic E-state index is 10.9. The Kier molecular flexibility index (Phi) is 5.25. The van der Waals surface area contributed by atoms with E-state index in [-0.39, 0.29) is 5.56 Å². The zero-order valence-corrected chi connectivity index (χ0v) is 14.4. The van der Waals surface area contributed by atoms with Crippen LogP contribution in [0.25, 0.3) is 0 Å². The Morgan fingerprint density at radius 3 is 2.62 bits per heavy atom. The summed E-state index contributed by atoms with van der Waals surface area (Å²) >= 11 is 6.82. The van der Waals surface area contributed by atoms with Crippen molar-refractivity contribution >= 4 is 43.5 Å². The summed E-state index contributed by atoms with van der Waals surface area (Å²) in [7, 11) is 1.62. The Bertz CT molecular complexity index is 674. The van der Waals surface area contributed by atoms with Crippen molar-refractivity contribution in [3.63, 3.8) is 0 Å². The summed E-state index contributed by atoms with van der Waals surface area (Å²) in [6.45, 7) is 0.570. The largest absolute Gasteiger partial charge is 0.497 e. The van der Waals surface area contributed by atoms with E-state index in [9.17, 15) is 4.79 Å². The number of hydrogen-bond acceptors (Lipinski definition) is 3. The molecule has 0 radical (unpaired) electrons. The molecule has 0 bridgehead atoms. The van der Waals surface area contributed by atoms with Gasteiger partial charge in [0.05, 0.1) is 12.7 Å². The van der Waals surface area contributed by atoms with Gasteiger partial charge in [-0.1, -0.05) is 37.9 Å². The van der Waals surface area contributed by atoms with E-state index in [0.717, 1.165) is 25.9 Å². The lowest BCUT2D eigenvalue weighted by molar-refractivity contribution is 0.0697. The molecule has 21 heavy (non-hydrogen) atoms. The Labute approximate surface area is 139 Å². The minimum Gasteiger partial charge on any atom is -0.497 e. The van der Waals surface area contributed by atoms with Gasteiger partial charge in [-0.15, -0.1) is 0 Å². The van der Waals surface area contributed by atoms with Crippen LogP contribution < -0.4 is 10.1 Å². The highest BCUT2D eigenvalue weighted by Gasteiger charge is 2.07. The number of benzene rings is 2. The molecule has 0 spiro atoms. The van der Waals surface area contributed by atoms with E-state index in [1.807, 2.05) is 18.2 Å². The van der Waals surface area contributed by atoms with Gasteiger partial charge in [0.25, 0.3) is 0 Å². The fraction of sp³-hybridized carbons (Fsp3) is 0.133. The first-order valence-corrected chi connectivity index (χ1v) is 7.68. The second-order valence-corrected chi connectivity index (χ2v) is 6.11. The van der Waals surface area contributed by atoms with Gasteiger partial charge >= 0.3 is 5.97 Å². The number of carbonyl (C=O) groups is 1. The first-order valence-electron chi connectivity index (χ1n) is 6.10. The van der Waals surface area contributed by atoms with Crippen molar-refractivity contribution in [2.75, 3.05) is 12.4 Å². The monoisotopic (exact) mass is 413 g/mol. The quantitative estimate of drug-likeness (QED) is 0.754. The Hall–Kier alpha value is -1.53. The average molecular weight is 415 g/mol. The van der Waals surface area contributed by atoms with Crippen molar-refractivity contribution < 1.29 is 14.6 Å². The van der Waals surface area contributed by atoms with Crippen molar-refractivity contribution in [1.29, 1.82) is 0 Å². The van der Waals surface area contributed by atoms with Gasteiger partial charge in [0.2, 0.25) is 0 Å². The Balaban J connectivity index is 2.13. The van der Waals surface area contributed by atoms with Gasteiger partial charge in [-0.3, -0.25) is 0 Å². The number of methoxy groups -OCH3 is 1. The first-order chi connectivity index (χ1) is 9.99. The molecule has 2 aromatic rings. The molecule has 110 valence electrons. The van der Waals surface area contributed by atoms with Gasteiger partial charge in [0.15, 0.2) is 0 Å². The van der Waals surface area contributed by atoms with Gasteiger partial charge in [-0.25, -0.2) is 4.79 Å². The summed E-state index contributed by atoms with van der Waals surface area (Å²) in [6.07, 6.45) is 0. The SMILES string of the molecule is COc1cc(Br)cc(NCc2ccc(C(=O)O)cc2Br)c1. The summed E-state index contributed by atoms with van der Waals surface area (Å²) in [4.78, 5) is 10.9. The van der Waals surface area contributed by atoms with Crippen LogP contribution in [0.2, 0.25) is 0 Å². The maximum atomic E-state index is 10.9. The minimum atomic E-state index is -0.938. The number of rotatable bonds is 5. The molecule has 0 saturated carbocycles. The summed E-state index contributed by atoms with van der Waals surface area (Å²) in [5, 5.41) is 12.2. The second-order valence-electron chi connectivity index (χ2n) is 4.34. The normalized spacial score (nSPS) is 10.2. The fourth-order valence-corrected chi connectivity index (χ4v) is 2.79. The van der Waals surface area contributed by atoms with Crippen LogP contribution in [0.1, 0.15) is 15.9 Å². The molecule has 2 N–H and O–H groups in total. The van der Waals surface area contributed by atoms with Gasteiger partial charge in [0.1, 0.15) is 5.75 Å². The molecule has 0 aliphatic rings. The number of hydrogen-bond donors (Lipinski definition) is 2. The van der Waals surface area contributed by atoms with Crippen molar-refractivity contribution in [3.8, 4) is 5.75 Å². The molecule has 2 rings (SSSR count). The van der Waals surface area contributed by atoms with E-state index >= 15 is 0 Å². The van der Waals surface area contributed by atoms with Gasteiger partial charge in [0, 0.05) is 27.2 Å². The number of aromatic carboxylic acids is 1. The molecule has 4 nitrogen and oxygen atoms in total. The van der Waals surface area contributed by atoms with E-state index in [2.05, 4.69) is 37.2 Å². The van der Waals surface area contributed by atoms with Crippen LogP contribution >= 0.6 is 31.9 Å². The molecule has 0 unspecified atom stereocenters. The van der Waals surface area contributed by atoms with Crippen LogP contribution in [0.4, 0.5) is 5.69 Å². The topological polar surface area (TPSA) is 58.6 Å². The highest BCUT2D eigenvalue weighted by molar-refractivity contribution is 9.10. The maximum Gasteiger partial charge on any atom is 0.335 e. The summed E-state index contributed by atoms with van der Waals surface area (Å²) in [5.74, 6) is -0.181. The summed E-state index contributed by atoms with van der Waals surface area (Å²) < 4.78 is 6.89. The third kappa shape index (κ3) is 4.22. The average Bonchev–Trinajstić information content (AvgIpc) is 2.45. The molecule has 0 atom stereocenters. The lowest BCUT2D eigenvalue weighted by Crippen LogP contribution is -2.02. The molecular weight excluding hydrogens is 402 g/mol. The molecule has 6 heteroatoms. The Morgan fingerprint density at radius 2 is 2.00 bits per heavy atom. The highest BCUT2D eigenvalue weighted by atomic mass is 79.9.